The fraction of sp³-hybridized carbons (Fsp3) is 0.296. The number of halogens is 3. The van der Waals surface area contributed by atoms with Crippen molar-refractivity contribution >= 4 is 39.1 Å². The van der Waals surface area contributed by atoms with Gasteiger partial charge in [-0.3, -0.25) is 14.2 Å². The van der Waals surface area contributed by atoms with E-state index < -0.39 is 36.4 Å². The summed E-state index contributed by atoms with van der Waals surface area (Å²) >= 11 is 7.31. The van der Waals surface area contributed by atoms with Crippen LogP contribution < -0.4 is 20.8 Å². The number of hydrogen-bond acceptors (Lipinski definition) is 8. The minimum Gasteiger partial charge on any atom is -0.493 e. The first kappa shape index (κ1) is 27.0. The fourth-order valence-electron chi connectivity index (χ4n) is 4.39. The number of rotatable bonds is 8. The number of esters is 1. The van der Waals surface area contributed by atoms with E-state index in [4.69, 9.17) is 31.5 Å². The van der Waals surface area contributed by atoms with Crippen LogP contribution in [0.1, 0.15) is 19.8 Å². The molecule has 8 nitrogen and oxygen atoms in total. The van der Waals surface area contributed by atoms with Gasteiger partial charge in [-0.2, -0.15) is 0 Å². The number of aromatic nitrogens is 2. The third kappa shape index (κ3) is 5.47. The van der Waals surface area contributed by atoms with E-state index >= 15 is 0 Å². The molecule has 0 radical (unpaired) electrons. The third-order valence-corrected chi connectivity index (χ3v) is 7.75. The summed E-state index contributed by atoms with van der Waals surface area (Å²) < 4.78 is 45.8. The molecule has 1 aliphatic rings. The Balaban J connectivity index is 1.40. The van der Waals surface area contributed by atoms with E-state index in [9.17, 15) is 18.4 Å². The molecule has 1 fully saturated rings. The highest BCUT2D eigenvalue weighted by Crippen LogP contribution is 2.48. The molecular weight excluding hydrogens is 552 g/mol. The Kier molecular flexibility index (Phi) is 7.08. The maximum atomic E-state index is 13.7. The lowest BCUT2D eigenvalue weighted by Crippen LogP contribution is -2.59. The molecule has 0 aliphatic heterocycles. The van der Waals surface area contributed by atoms with Crippen LogP contribution in [0.4, 0.5) is 8.78 Å². The van der Waals surface area contributed by atoms with Crippen molar-refractivity contribution in [2.45, 2.75) is 37.3 Å². The monoisotopic (exact) mass is 575 g/mol. The molecule has 4 aromatic rings. The number of nitrogens with two attached hydrogens (primary N) is 1. The van der Waals surface area contributed by atoms with Gasteiger partial charge in [0, 0.05) is 16.0 Å². The molecule has 1 saturated carbocycles. The molecule has 1 atom stereocenters. The molecule has 2 aromatic heterocycles. The van der Waals surface area contributed by atoms with Gasteiger partial charge in [0.1, 0.15) is 23.7 Å². The quantitative estimate of drug-likeness (QED) is 0.287. The van der Waals surface area contributed by atoms with Crippen LogP contribution in [-0.4, -0.2) is 46.8 Å². The topological polar surface area (TPSA) is 106 Å². The standard InChI is InChI=1S/C27H24ClF2N3O5S/c1-15(31)25(35)38-26(11-27(29,30)12-26)13-37-20-8-7-18(9-21(20)36-2)33-14-32-19-10-22(39-23(19)24(33)34)16-3-5-17(28)6-4-16/h3-10,14-15H,11-13,31H2,1-2H3. The van der Waals surface area contributed by atoms with Gasteiger partial charge in [0.15, 0.2) is 17.1 Å². The highest BCUT2D eigenvalue weighted by molar-refractivity contribution is 7.22. The fourth-order valence-corrected chi connectivity index (χ4v) is 5.56. The Bertz CT molecular complexity index is 1600. The Hall–Kier alpha value is -3.54. The summed E-state index contributed by atoms with van der Waals surface area (Å²) in [5.74, 6) is -3.26. The lowest BCUT2D eigenvalue weighted by molar-refractivity contribution is -0.234. The molecule has 2 heterocycles. The SMILES string of the molecule is COc1cc(-n2cnc3cc(-c4ccc(Cl)cc4)sc3c2=O)ccc1OCC1(OC(=O)C(C)N)CC(F)(F)C1. The second-order valence-corrected chi connectivity index (χ2v) is 11.0. The number of carbonyl (C=O) groups excluding carboxylic acids is 1. The number of hydrogen-bond donors (Lipinski definition) is 1. The number of fused-ring (bicyclic) bond motifs is 1. The van der Waals surface area contributed by atoms with Crippen LogP contribution in [0.5, 0.6) is 11.5 Å². The first-order valence-corrected chi connectivity index (χ1v) is 13.1. The van der Waals surface area contributed by atoms with Crippen LogP contribution in [0.3, 0.4) is 0 Å². The van der Waals surface area contributed by atoms with Gasteiger partial charge in [0.2, 0.25) is 0 Å². The lowest BCUT2D eigenvalue weighted by atomic mass is 9.77. The van der Waals surface area contributed by atoms with Crippen molar-refractivity contribution in [3.8, 4) is 27.6 Å². The van der Waals surface area contributed by atoms with E-state index in [2.05, 4.69) is 4.98 Å². The highest BCUT2D eigenvalue weighted by atomic mass is 35.5. The van der Waals surface area contributed by atoms with Crippen molar-refractivity contribution in [3.05, 3.63) is 70.2 Å². The molecular formula is C27H24ClF2N3O5S. The van der Waals surface area contributed by atoms with E-state index in [1.807, 2.05) is 18.2 Å². The Morgan fingerprint density at radius 3 is 2.54 bits per heavy atom. The molecule has 204 valence electrons. The first-order valence-electron chi connectivity index (χ1n) is 11.9. The minimum absolute atomic E-state index is 0.232. The average Bonchev–Trinajstić information content (AvgIpc) is 3.32. The molecule has 1 aliphatic carbocycles. The summed E-state index contributed by atoms with van der Waals surface area (Å²) in [5, 5.41) is 0.619. The van der Waals surface area contributed by atoms with Gasteiger partial charge in [-0.15, -0.1) is 11.3 Å². The van der Waals surface area contributed by atoms with E-state index in [0.29, 0.717) is 20.9 Å². The summed E-state index contributed by atoms with van der Waals surface area (Å²) in [6, 6.07) is 13.0. The van der Waals surface area contributed by atoms with Crippen LogP contribution in [-0.2, 0) is 9.53 Å². The minimum atomic E-state index is -2.96. The normalized spacial score (nSPS) is 16.4. The van der Waals surface area contributed by atoms with E-state index in [0.717, 1.165) is 10.4 Å². The van der Waals surface area contributed by atoms with Gasteiger partial charge >= 0.3 is 5.97 Å². The molecule has 2 N–H and O–H groups in total. The van der Waals surface area contributed by atoms with Gasteiger partial charge in [-0.1, -0.05) is 23.7 Å². The number of alkyl halides is 2. The molecule has 1 unspecified atom stereocenters. The van der Waals surface area contributed by atoms with Crippen molar-refractivity contribution in [1.82, 2.24) is 9.55 Å². The van der Waals surface area contributed by atoms with Crippen molar-refractivity contribution < 1.29 is 27.8 Å². The van der Waals surface area contributed by atoms with Crippen LogP contribution >= 0.6 is 22.9 Å². The molecule has 0 amide bonds. The van der Waals surface area contributed by atoms with Gasteiger partial charge in [0.25, 0.3) is 11.5 Å². The molecule has 5 rings (SSSR count). The Morgan fingerprint density at radius 2 is 1.90 bits per heavy atom. The average molecular weight is 576 g/mol. The van der Waals surface area contributed by atoms with Gasteiger partial charge in [-0.25, -0.2) is 13.8 Å². The zero-order chi connectivity index (χ0) is 27.9. The number of methoxy groups -OCH3 is 1. The van der Waals surface area contributed by atoms with Crippen molar-refractivity contribution in [3.63, 3.8) is 0 Å². The van der Waals surface area contributed by atoms with Gasteiger partial charge in [0.05, 0.1) is 31.2 Å². The van der Waals surface area contributed by atoms with Crippen molar-refractivity contribution in [1.29, 1.82) is 0 Å². The maximum Gasteiger partial charge on any atom is 0.323 e. The van der Waals surface area contributed by atoms with Crippen molar-refractivity contribution in [2.24, 2.45) is 5.73 Å². The highest BCUT2D eigenvalue weighted by Gasteiger charge is 2.60. The van der Waals surface area contributed by atoms with Crippen LogP contribution in [0, 0.1) is 0 Å². The third-order valence-electron chi connectivity index (χ3n) is 6.33. The smallest absolute Gasteiger partial charge is 0.323 e. The summed E-state index contributed by atoms with van der Waals surface area (Å²) in [5.41, 5.74) is 5.74. The van der Waals surface area contributed by atoms with Gasteiger partial charge < -0.3 is 19.9 Å². The van der Waals surface area contributed by atoms with E-state index in [-0.39, 0.29) is 23.7 Å². The van der Waals surface area contributed by atoms with Crippen LogP contribution in [0.25, 0.3) is 26.3 Å². The Morgan fingerprint density at radius 1 is 1.18 bits per heavy atom. The predicted octanol–water partition coefficient (Wildman–Crippen LogP) is 5.21. The zero-order valence-corrected chi connectivity index (χ0v) is 22.5. The molecule has 39 heavy (non-hydrogen) atoms. The number of benzene rings is 2. The second-order valence-electron chi connectivity index (χ2n) is 9.48. The number of thiophene rings is 1. The second kappa shape index (κ2) is 10.2. The Labute approximate surface area is 230 Å². The summed E-state index contributed by atoms with van der Waals surface area (Å²) in [6.45, 7) is 1.10. The molecule has 0 spiro atoms. The predicted molar refractivity (Wildman–Crippen MR) is 144 cm³/mol. The molecule has 0 bridgehead atoms. The molecule has 2 aromatic carbocycles. The summed E-state index contributed by atoms with van der Waals surface area (Å²) in [6.07, 6.45) is 0.0920. The lowest BCUT2D eigenvalue weighted by Gasteiger charge is -2.45. The van der Waals surface area contributed by atoms with Crippen LogP contribution in [0.15, 0.2) is 59.7 Å². The number of ether oxygens (including phenoxy) is 3. The van der Waals surface area contributed by atoms with Gasteiger partial charge in [-0.05, 0) is 42.8 Å². The van der Waals surface area contributed by atoms with Crippen LogP contribution in [0.2, 0.25) is 5.02 Å². The summed E-state index contributed by atoms with van der Waals surface area (Å²) in [4.78, 5) is 30.7. The summed E-state index contributed by atoms with van der Waals surface area (Å²) in [7, 11) is 1.41. The largest absolute Gasteiger partial charge is 0.493 e. The maximum absolute atomic E-state index is 13.7. The first-order chi connectivity index (χ1) is 18.5. The number of carbonyl (C=O) groups is 1. The van der Waals surface area contributed by atoms with Crippen molar-refractivity contribution in [2.75, 3.05) is 13.7 Å². The van der Waals surface area contributed by atoms with E-state index in [1.54, 1.807) is 30.3 Å². The molecule has 0 saturated heterocycles. The molecule has 12 heteroatoms. The zero-order valence-electron chi connectivity index (χ0n) is 20.9. The van der Waals surface area contributed by atoms with E-state index in [1.165, 1.54) is 36.3 Å². The number of nitrogens with zero attached hydrogens (tertiary/aromatic N) is 2.